The molecule has 0 radical (unpaired) electrons. The number of aliphatic carboxylic acids is 1. The normalized spacial score (nSPS) is 12.2. The number of nitrogens with one attached hydrogen (secondary N) is 4. The Kier molecular flexibility index (Phi) is 16.5. The van der Waals surface area contributed by atoms with Crippen LogP contribution in [0.25, 0.3) is 0 Å². The number of ether oxygens (including phenoxy) is 2. The fourth-order valence-electron chi connectivity index (χ4n) is 3.36. The maximum Gasteiger partial charge on any atom is 0.303 e. The smallest absolute Gasteiger partial charge is 0.303 e. The molecule has 39 heavy (non-hydrogen) atoms. The van der Waals surface area contributed by atoms with Crippen LogP contribution in [0.1, 0.15) is 42.5 Å². The van der Waals surface area contributed by atoms with Gasteiger partial charge in [-0.25, -0.2) is 0 Å². The van der Waals surface area contributed by atoms with Crippen molar-refractivity contribution in [3.05, 3.63) is 29.8 Å². The van der Waals surface area contributed by atoms with Crippen molar-refractivity contribution in [3.8, 4) is 0 Å². The molecule has 0 unspecified atom stereocenters. The van der Waals surface area contributed by atoms with E-state index in [0.29, 0.717) is 37.1 Å². The van der Waals surface area contributed by atoms with E-state index in [1.165, 1.54) is 0 Å². The lowest BCUT2D eigenvalue weighted by Gasteiger charge is -2.16. The summed E-state index contributed by atoms with van der Waals surface area (Å²) in [6, 6.07) is 5.09. The van der Waals surface area contributed by atoms with Gasteiger partial charge in [0.15, 0.2) is 0 Å². The Labute approximate surface area is 227 Å². The molecular weight excluding hydrogens is 512 g/mol. The highest BCUT2D eigenvalue weighted by Crippen LogP contribution is 2.06. The minimum absolute atomic E-state index is 0.119. The number of primary amides is 1. The molecule has 0 heterocycles. The first kappa shape index (κ1) is 33.3. The van der Waals surface area contributed by atoms with Crippen LogP contribution in [0.3, 0.4) is 0 Å². The zero-order valence-corrected chi connectivity index (χ0v) is 22.2. The number of likely N-dealkylation sites (N-methyl/N-ethyl adjacent to an activating group) is 1. The molecule has 14 heteroatoms. The fraction of sp³-hybridized carbons (Fsp3) is 0.560. The number of carbonyl (C=O) groups is 5. The average molecular weight is 553 g/mol. The molecular formula is C25H40N6O8. The van der Waals surface area contributed by atoms with E-state index in [4.69, 9.17) is 26.0 Å². The lowest BCUT2D eigenvalue weighted by atomic mass is 10.1. The average Bonchev–Trinajstić information content (AvgIpc) is 2.89. The van der Waals surface area contributed by atoms with Crippen molar-refractivity contribution >= 4 is 35.3 Å². The van der Waals surface area contributed by atoms with Crippen molar-refractivity contribution in [3.63, 3.8) is 0 Å². The van der Waals surface area contributed by atoms with Gasteiger partial charge in [-0.1, -0.05) is 0 Å². The van der Waals surface area contributed by atoms with Gasteiger partial charge in [-0.3, -0.25) is 24.0 Å². The number of hydrogen-bond acceptors (Lipinski definition) is 9. The molecule has 4 amide bonds. The highest BCUT2D eigenvalue weighted by Gasteiger charge is 2.18. The molecule has 0 aliphatic heterocycles. The summed E-state index contributed by atoms with van der Waals surface area (Å²) >= 11 is 0. The number of rotatable bonds is 21. The third-order valence-corrected chi connectivity index (χ3v) is 5.52. The SMILES string of the molecule is CN[C@@H](CCC(=O)O)C(=O)NCCOCCOCC(=O)N[C@@H](CCCCNC(=O)c1ccc(N)cc1)C(N)=O. The minimum Gasteiger partial charge on any atom is -0.481 e. The van der Waals surface area contributed by atoms with Gasteiger partial charge in [0, 0.05) is 30.8 Å². The van der Waals surface area contributed by atoms with E-state index in [1.54, 1.807) is 31.3 Å². The van der Waals surface area contributed by atoms with E-state index < -0.39 is 29.9 Å². The first-order valence-electron chi connectivity index (χ1n) is 12.7. The van der Waals surface area contributed by atoms with Gasteiger partial charge in [-0.05, 0) is 57.0 Å². The van der Waals surface area contributed by atoms with Crippen LogP contribution in [0.5, 0.6) is 0 Å². The number of amides is 4. The first-order valence-corrected chi connectivity index (χ1v) is 12.7. The lowest BCUT2D eigenvalue weighted by Crippen LogP contribution is -2.45. The van der Waals surface area contributed by atoms with Crippen LogP contribution in [0.4, 0.5) is 5.69 Å². The van der Waals surface area contributed by atoms with Crippen molar-refractivity contribution in [2.24, 2.45) is 5.73 Å². The van der Waals surface area contributed by atoms with Gasteiger partial charge in [0.05, 0.1) is 25.9 Å². The van der Waals surface area contributed by atoms with Crippen LogP contribution in [-0.4, -0.2) is 93.4 Å². The molecule has 0 saturated carbocycles. The number of carbonyl (C=O) groups excluding carboxylic acids is 4. The van der Waals surface area contributed by atoms with Crippen molar-refractivity contribution in [1.82, 2.24) is 21.3 Å². The van der Waals surface area contributed by atoms with Gasteiger partial charge in [-0.2, -0.15) is 0 Å². The van der Waals surface area contributed by atoms with E-state index in [-0.39, 0.29) is 57.6 Å². The zero-order valence-electron chi connectivity index (χ0n) is 22.2. The molecule has 0 bridgehead atoms. The van der Waals surface area contributed by atoms with Crippen LogP contribution in [0.15, 0.2) is 24.3 Å². The monoisotopic (exact) mass is 552 g/mol. The van der Waals surface area contributed by atoms with Gasteiger partial charge in [0.25, 0.3) is 5.91 Å². The predicted octanol–water partition coefficient (Wildman–Crippen LogP) is -1.26. The number of nitrogens with two attached hydrogens (primary N) is 2. The molecule has 218 valence electrons. The maximum absolute atomic E-state index is 12.1. The molecule has 0 fully saturated rings. The Balaban J connectivity index is 2.13. The van der Waals surface area contributed by atoms with Crippen LogP contribution in [0.2, 0.25) is 0 Å². The molecule has 1 aromatic carbocycles. The summed E-state index contributed by atoms with van der Waals surface area (Å²) in [6.07, 6.45) is 1.52. The topological polar surface area (TPSA) is 224 Å². The number of carboxylic acids is 1. The second kappa shape index (κ2) is 19.3. The number of carboxylic acid groups (broad SMARTS) is 1. The Morgan fingerprint density at radius 2 is 1.59 bits per heavy atom. The largest absolute Gasteiger partial charge is 0.481 e. The molecule has 14 nitrogen and oxygen atoms in total. The van der Waals surface area contributed by atoms with E-state index >= 15 is 0 Å². The number of anilines is 1. The van der Waals surface area contributed by atoms with E-state index in [2.05, 4.69) is 21.3 Å². The summed E-state index contributed by atoms with van der Waals surface area (Å²) in [5, 5.41) is 19.4. The highest BCUT2D eigenvalue weighted by atomic mass is 16.5. The van der Waals surface area contributed by atoms with E-state index in [1.807, 2.05) is 0 Å². The summed E-state index contributed by atoms with van der Waals surface area (Å²) in [4.78, 5) is 58.4. The fourth-order valence-corrected chi connectivity index (χ4v) is 3.36. The number of nitrogen functional groups attached to an aromatic ring is 1. The Bertz CT molecular complexity index is 928. The van der Waals surface area contributed by atoms with Crippen molar-refractivity contribution in [2.45, 2.75) is 44.2 Å². The van der Waals surface area contributed by atoms with E-state index in [0.717, 1.165) is 0 Å². The number of unbranched alkanes of at least 4 members (excludes halogenated alkanes) is 1. The van der Waals surface area contributed by atoms with Gasteiger partial charge in [0.1, 0.15) is 12.6 Å². The molecule has 0 aliphatic carbocycles. The summed E-state index contributed by atoms with van der Waals surface area (Å²) < 4.78 is 10.6. The standard InChI is InChI=1S/C25H40N6O8/c1-28-20(9-10-22(33)34)25(37)30-12-13-38-14-15-39-16-21(32)31-19(23(27)35)4-2-3-11-29-24(36)17-5-7-18(26)8-6-17/h5-8,19-20,28H,2-4,9-16,26H2,1H3,(H2,27,35)(H,29,36)(H,30,37)(H,31,32)(H,33,34)/t19-,20-/m0/s1. The van der Waals surface area contributed by atoms with Crippen molar-refractivity contribution in [1.29, 1.82) is 0 Å². The van der Waals surface area contributed by atoms with Crippen LogP contribution in [0, 0.1) is 0 Å². The molecule has 0 aliphatic rings. The van der Waals surface area contributed by atoms with Crippen LogP contribution >= 0.6 is 0 Å². The predicted molar refractivity (Wildman–Crippen MR) is 143 cm³/mol. The second-order valence-corrected chi connectivity index (χ2v) is 8.63. The molecule has 2 atom stereocenters. The van der Waals surface area contributed by atoms with Gasteiger partial charge >= 0.3 is 5.97 Å². The summed E-state index contributed by atoms with van der Waals surface area (Å²) in [6.45, 7) is 0.856. The summed E-state index contributed by atoms with van der Waals surface area (Å²) in [5.41, 5.74) is 12.1. The zero-order chi connectivity index (χ0) is 29.0. The molecule has 0 spiro atoms. The maximum atomic E-state index is 12.1. The lowest BCUT2D eigenvalue weighted by molar-refractivity contribution is -0.137. The van der Waals surface area contributed by atoms with Gasteiger partial charge < -0.3 is 47.3 Å². The molecule has 1 aromatic rings. The van der Waals surface area contributed by atoms with E-state index in [9.17, 15) is 24.0 Å². The molecule has 0 aromatic heterocycles. The Morgan fingerprint density at radius 1 is 0.897 bits per heavy atom. The summed E-state index contributed by atoms with van der Waals surface area (Å²) in [7, 11) is 1.58. The molecule has 9 N–H and O–H groups in total. The summed E-state index contributed by atoms with van der Waals surface area (Å²) in [5.74, 6) is -2.68. The van der Waals surface area contributed by atoms with Crippen LogP contribution in [-0.2, 0) is 28.7 Å². The van der Waals surface area contributed by atoms with Crippen LogP contribution < -0.4 is 32.7 Å². The molecule has 1 rings (SSSR count). The Morgan fingerprint density at radius 3 is 2.23 bits per heavy atom. The minimum atomic E-state index is -0.973. The van der Waals surface area contributed by atoms with Crippen molar-refractivity contribution in [2.75, 3.05) is 52.3 Å². The van der Waals surface area contributed by atoms with Gasteiger partial charge in [-0.15, -0.1) is 0 Å². The highest BCUT2D eigenvalue weighted by molar-refractivity contribution is 5.94. The van der Waals surface area contributed by atoms with Crippen molar-refractivity contribution < 1.29 is 38.6 Å². The first-order chi connectivity index (χ1) is 18.6. The number of benzene rings is 1. The second-order valence-electron chi connectivity index (χ2n) is 8.63. The Hall–Kier alpha value is -3.75. The quantitative estimate of drug-likeness (QED) is 0.0708. The third kappa shape index (κ3) is 15.3. The number of hydrogen-bond donors (Lipinski definition) is 7. The molecule has 0 saturated heterocycles. The van der Waals surface area contributed by atoms with Gasteiger partial charge in [0.2, 0.25) is 17.7 Å². The third-order valence-electron chi connectivity index (χ3n) is 5.52.